The van der Waals surface area contributed by atoms with Gasteiger partial charge < -0.3 is 9.84 Å². The van der Waals surface area contributed by atoms with Crippen molar-refractivity contribution in [1.29, 1.82) is 0 Å². The number of benzene rings is 1. The van der Waals surface area contributed by atoms with E-state index in [-0.39, 0.29) is 11.9 Å². The summed E-state index contributed by atoms with van der Waals surface area (Å²) in [5, 5.41) is 8.80. The van der Waals surface area contributed by atoms with Crippen LogP contribution in [0.1, 0.15) is 17.0 Å². The van der Waals surface area contributed by atoms with Crippen molar-refractivity contribution in [1.82, 2.24) is 20.4 Å². The Kier molecular flexibility index (Phi) is 4.33. The van der Waals surface area contributed by atoms with Crippen molar-refractivity contribution in [2.75, 3.05) is 7.05 Å². The van der Waals surface area contributed by atoms with Gasteiger partial charge in [0.15, 0.2) is 0 Å². The fourth-order valence-electron chi connectivity index (χ4n) is 3.17. The smallest absolute Gasteiger partial charge is 0.241 e. The normalized spacial score (nSPS) is 17.2. The topological polar surface area (TPSA) is 71.3 Å². The van der Waals surface area contributed by atoms with E-state index in [0.29, 0.717) is 31.2 Å². The van der Waals surface area contributed by atoms with E-state index < -0.39 is 0 Å². The quantitative estimate of drug-likeness (QED) is 0.779. The van der Waals surface area contributed by atoms with Crippen LogP contribution in [0.2, 0.25) is 0 Å². The highest BCUT2D eigenvalue weighted by Crippen LogP contribution is 2.26. The fraction of sp³-hybridized carbons (Fsp3) is 0.278. The average Bonchev–Trinajstić information content (AvgIpc) is 3.32. The van der Waals surface area contributed by atoms with E-state index in [0.717, 1.165) is 4.88 Å². The minimum atomic E-state index is -0.239. The van der Waals surface area contributed by atoms with Gasteiger partial charge in [0.2, 0.25) is 17.6 Å². The van der Waals surface area contributed by atoms with Crippen molar-refractivity contribution in [2.45, 2.75) is 25.6 Å². The Bertz CT molecular complexity index is 875. The Labute approximate surface area is 149 Å². The molecular formula is C18H18N4O2S. The molecule has 1 aliphatic heterocycles. The molecule has 1 N–H and O–H groups in total. The molecule has 0 fully saturated rings. The van der Waals surface area contributed by atoms with Crippen LogP contribution in [0, 0.1) is 0 Å². The summed E-state index contributed by atoms with van der Waals surface area (Å²) in [7, 11) is 1.67. The molecule has 7 heteroatoms. The highest BCUT2D eigenvalue weighted by Gasteiger charge is 2.32. The van der Waals surface area contributed by atoms with Gasteiger partial charge in [-0.25, -0.2) is 0 Å². The molecule has 0 spiro atoms. The summed E-state index contributed by atoms with van der Waals surface area (Å²) in [5.41, 5.74) is 2.46. The summed E-state index contributed by atoms with van der Waals surface area (Å²) in [5.74, 6) is 1.13. The maximum absolute atomic E-state index is 12.4. The van der Waals surface area contributed by atoms with Crippen LogP contribution < -0.4 is 5.32 Å². The Balaban J connectivity index is 1.58. The average molecular weight is 354 g/mol. The van der Waals surface area contributed by atoms with Crippen LogP contribution in [0.4, 0.5) is 0 Å². The first-order valence-corrected chi connectivity index (χ1v) is 9.01. The van der Waals surface area contributed by atoms with Gasteiger partial charge in [0.05, 0.1) is 17.5 Å². The Hall–Kier alpha value is -2.51. The highest BCUT2D eigenvalue weighted by molar-refractivity contribution is 7.13. The van der Waals surface area contributed by atoms with E-state index in [4.69, 9.17) is 4.52 Å². The van der Waals surface area contributed by atoms with Crippen LogP contribution in [0.15, 0.2) is 46.3 Å². The van der Waals surface area contributed by atoms with Gasteiger partial charge in [0, 0.05) is 13.6 Å². The number of thiophene rings is 1. The number of aromatic nitrogens is 2. The van der Waals surface area contributed by atoms with E-state index in [1.807, 2.05) is 29.6 Å². The van der Waals surface area contributed by atoms with Crippen molar-refractivity contribution < 1.29 is 9.32 Å². The molecule has 1 aromatic carbocycles. The third-order valence-electron chi connectivity index (χ3n) is 4.44. The van der Waals surface area contributed by atoms with Gasteiger partial charge in [-0.1, -0.05) is 35.5 Å². The molecule has 0 unspecified atom stereocenters. The number of fused-ring (bicyclic) bond motifs is 1. The van der Waals surface area contributed by atoms with E-state index in [9.17, 15) is 4.79 Å². The summed E-state index contributed by atoms with van der Waals surface area (Å²) in [6, 6.07) is 11.9. The molecule has 1 atom stereocenters. The van der Waals surface area contributed by atoms with Crippen LogP contribution in [0.5, 0.6) is 0 Å². The summed E-state index contributed by atoms with van der Waals surface area (Å²) in [6.07, 6.45) is 0.682. The number of nitrogens with one attached hydrogen (secondary N) is 1. The maximum atomic E-state index is 12.4. The minimum absolute atomic E-state index is 0.00694. The van der Waals surface area contributed by atoms with Gasteiger partial charge in [-0.2, -0.15) is 4.98 Å². The molecule has 1 aliphatic rings. The number of amides is 1. The second-order valence-electron chi connectivity index (χ2n) is 6.00. The Morgan fingerprint density at radius 2 is 2.16 bits per heavy atom. The van der Waals surface area contributed by atoms with E-state index >= 15 is 0 Å². The van der Waals surface area contributed by atoms with Crippen molar-refractivity contribution >= 4 is 17.2 Å². The van der Waals surface area contributed by atoms with E-state index in [2.05, 4.69) is 32.5 Å². The first-order chi connectivity index (χ1) is 12.2. The van der Waals surface area contributed by atoms with Crippen molar-refractivity contribution in [3.8, 4) is 10.7 Å². The molecule has 0 bridgehead atoms. The number of carbonyl (C=O) groups is 1. The standard InChI is InChI=1S/C18H18N4O2S/c1-19-18(23)14-9-12-5-2-3-6-13(12)10-22(14)11-16-20-17(21-24-16)15-7-4-8-25-15/h2-8,14H,9-11H2,1H3,(H,19,23)/t14-/m1/s1. The van der Waals surface area contributed by atoms with Gasteiger partial charge in [-0.3, -0.25) is 9.69 Å². The molecule has 4 rings (SSSR count). The molecule has 128 valence electrons. The molecule has 6 nitrogen and oxygen atoms in total. The fourth-order valence-corrected chi connectivity index (χ4v) is 3.82. The van der Waals surface area contributed by atoms with Gasteiger partial charge in [-0.05, 0) is 29.0 Å². The molecule has 1 amide bonds. The Morgan fingerprint density at radius 1 is 1.32 bits per heavy atom. The number of hydrogen-bond acceptors (Lipinski definition) is 6. The summed E-state index contributed by atoms with van der Waals surface area (Å²) < 4.78 is 5.41. The lowest BCUT2D eigenvalue weighted by Crippen LogP contribution is -2.49. The number of rotatable bonds is 4. The number of hydrogen-bond donors (Lipinski definition) is 1. The van der Waals surface area contributed by atoms with E-state index in [1.54, 1.807) is 18.4 Å². The lowest BCUT2D eigenvalue weighted by molar-refractivity contribution is -0.126. The number of nitrogens with zero attached hydrogens (tertiary/aromatic N) is 3. The summed E-state index contributed by atoms with van der Waals surface area (Å²) >= 11 is 1.57. The molecule has 3 aromatic rings. The summed E-state index contributed by atoms with van der Waals surface area (Å²) in [6.45, 7) is 1.13. The van der Waals surface area contributed by atoms with Gasteiger partial charge in [0.1, 0.15) is 0 Å². The largest absolute Gasteiger partial charge is 0.358 e. The SMILES string of the molecule is CNC(=O)[C@H]1Cc2ccccc2CN1Cc1nc(-c2cccs2)no1. The zero-order chi connectivity index (χ0) is 17.2. The van der Waals surface area contributed by atoms with Crippen LogP contribution in [-0.4, -0.2) is 34.0 Å². The molecule has 25 heavy (non-hydrogen) atoms. The van der Waals surface area contributed by atoms with Gasteiger partial charge >= 0.3 is 0 Å². The van der Waals surface area contributed by atoms with Crippen molar-refractivity contribution in [3.05, 3.63) is 58.8 Å². The molecule has 3 heterocycles. The lowest BCUT2D eigenvalue weighted by atomic mass is 9.93. The van der Waals surface area contributed by atoms with Crippen LogP contribution in [0.25, 0.3) is 10.7 Å². The van der Waals surface area contributed by atoms with E-state index in [1.165, 1.54) is 11.1 Å². The third kappa shape index (κ3) is 3.20. The second-order valence-corrected chi connectivity index (χ2v) is 6.94. The molecule has 0 saturated heterocycles. The maximum Gasteiger partial charge on any atom is 0.241 e. The highest BCUT2D eigenvalue weighted by atomic mass is 32.1. The van der Waals surface area contributed by atoms with Crippen LogP contribution in [0.3, 0.4) is 0 Å². The number of carbonyl (C=O) groups excluding carboxylic acids is 1. The molecule has 0 aliphatic carbocycles. The zero-order valence-corrected chi connectivity index (χ0v) is 14.6. The molecular weight excluding hydrogens is 336 g/mol. The van der Waals surface area contributed by atoms with Crippen molar-refractivity contribution in [2.24, 2.45) is 0 Å². The third-order valence-corrected chi connectivity index (χ3v) is 5.31. The molecule has 0 radical (unpaired) electrons. The lowest BCUT2D eigenvalue weighted by Gasteiger charge is -2.34. The predicted octanol–water partition coefficient (Wildman–Crippen LogP) is 2.47. The van der Waals surface area contributed by atoms with Crippen LogP contribution in [-0.2, 0) is 24.3 Å². The van der Waals surface area contributed by atoms with Gasteiger partial charge in [0.25, 0.3) is 0 Å². The monoisotopic (exact) mass is 354 g/mol. The second kappa shape index (κ2) is 6.78. The molecule has 0 saturated carbocycles. The predicted molar refractivity (Wildman–Crippen MR) is 94.9 cm³/mol. The first kappa shape index (κ1) is 16.0. The molecule has 2 aromatic heterocycles. The summed E-state index contributed by atoms with van der Waals surface area (Å²) in [4.78, 5) is 19.9. The number of likely N-dealkylation sites (N-methyl/N-ethyl adjacent to an activating group) is 1. The van der Waals surface area contributed by atoms with Crippen molar-refractivity contribution in [3.63, 3.8) is 0 Å². The van der Waals surface area contributed by atoms with Crippen LogP contribution >= 0.6 is 11.3 Å². The van der Waals surface area contributed by atoms with Gasteiger partial charge in [-0.15, -0.1) is 11.3 Å². The zero-order valence-electron chi connectivity index (χ0n) is 13.8. The Morgan fingerprint density at radius 3 is 2.92 bits per heavy atom. The first-order valence-electron chi connectivity index (χ1n) is 8.13. The minimum Gasteiger partial charge on any atom is -0.358 e.